The van der Waals surface area contributed by atoms with Gasteiger partial charge < -0.3 is 5.73 Å². The van der Waals surface area contributed by atoms with Gasteiger partial charge in [-0.15, -0.1) is 11.8 Å². The van der Waals surface area contributed by atoms with Gasteiger partial charge in [0.15, 0.2) is 0 Å². The molecule has 1 aromatic heterocycles. The van der Waals surface area contributed by atoms with Crippen molar-refractivity contribution < 1.29 is 0 Å². The fraction of sp³-hybridized carbons (Fsp3) is 0.182. The number of benzene rings is 1. The van der Waals surface area contributed by atoms with Gasteiger partial charge in [-0.1, -0.05) is 11.6 Å². The van der Waals surface area contributed by atoms with Crippen LogP contribution in [0.2, 0.25) is 5.02 Å². The highest BCUT2D eigenvalue weighted by atomic mass is 35.5. The summed E-state index contributed by atoms with van der Waals surface area (Å²) in [5.41, 5.74) is 7.74. The second-order valence-electron chi connectivity index (χ2n) is 3.41. The Morgan fingerprint density at radius 3 is 2.69 bits per heavy atom. The van der Waals surface area contributed by atoms with E-state index >= 15 is 0 Å². The van der Waals surface area contributed by atoms with Crippen molar-refractivity contribution in [2.75, 3.05) is 12.0 Å². The van der Waals surface area contributed by atoms with Crippen molar-refractivity contribution in [3.05, 3.63) is 29.4 Å². The summed E-state index contributed by atoms with van der Waals surface area (Å²) in [6.07, 6.45) is 3.76. The summed E-state index contributed by atoms with van der Waals surface area (Å²) in [5.74, 6) is 0.625. The van der Waals surface area contributed by atoms with Crippen LogP contribution in [-0.4, -0.2) is 16.0 Å². The number of hydrogen-bond acceptors (Lipinski definition) is 3. The van der Waals surface area contributed by atoms with E-state index in [-0.39, 0.29) is 0 Å². The van der Waals surface area contributed by atoms with Crippen LogP contribution in [0.3, 0.4) is 0 Å². The van der Waals surface area contributed by atoms with Gasteiger partial charge in [-0.05, 0) is 24.5 Å². The molecular formula is C11H12ClN3S. The predicted molar refractivity (Wildman–Crippen MR) is 69.8 cm³/mol. The third-order valence-electron chi connectivity index (χ3n) is 2.45. The van der Waals surface area contributed by atoms with Gasteiger partial charge in [0.05, 0.1) is 6.20 Å². The lowest BCUT2D eigenvalue weighted by molar-refractivity contribution is 0.779. The lowest BCUT2D eigenvalue weighted by Crippen LogP contribution is -1.98. The molecule has 0 unspecified atom stereocenters. The summed E-state index contributed by atoms with van der Waals surface area (Å²) < 4.78 is 1.64. The number of hydrogen-bond donors (Lipinski definition) is 1. The lowest BCUT2D eigenvalue weighted by atomic mass is 10.1. The first-order chi connectivity index (χ1) is 7.63. The number of aromatic nitrogens is 2. The molecule has 2 rings (SSSR count). The minimum Gasteiger partial charge on any atom is -0.383 e. The van der Waals surface area contributed by atoms with E-state index in [2.05, 4.69) is 5.10 Å². The predicted octanol–water partition coefficient (Wildman–Crippen LogP) is 3.04. The van der Waals surface area contributed by atoms with Gasteiger partial charge in [0.25, 0.3) is 0 Å². The van der Waals surface area contributed by atoms with E-state index < -0.39 is 0 Å². The first kappa shape index (κ1) is 11.4. The van der Waals surface area contributed by atoms with Crippen molar-refractivity contribution in [1.29, 1.82) is 0 Å². The Morgan fingerprint density at radius 1 is 1.38 bits per heavy atom. The summed E-state index contributed by atoms with van der Waals surface area (Å²) >= 11 is 7.84. The van der Waals surface area contributed by atoms with Crippen LogP contribution in [0.4, 0.5) is 5.82 Å². The van der Waals surface area contributed by atoms with Crippen molar-refractivity contribution >= 4 is 29.2 Å². The Bertz CT molecular complexity index is 522. The van der Waals surface area contributed by atoms with E-state index in [1.807, 2.05) is 31.5 Å². The minimum absolute atomic E-state index is 0.625. The SMILES string of the molecule is CSc1ccc(Cl)c(-c2cnn(C)c2N)c1. The second-order valence-corrected chi connectivity index (χ2v) is 4.70. The number of aryl methyl sites for hydroxylation is 1. The smallest absolute Gasteiger partial charge is 0.129 e. The summed E-state index contributed by atoms with van der Waals surface area (Å²) in [5, 5.41) is 4.81. The zero-order chi connectivity index (χ0) is 11.7. The van der Waals surface area contributed by atoms with Crippen molar-refractivity contribution in [2.24, 2.45) is 7.05 Å². The Hall–Kier alpha value is -1.13. The normalized spacial score (nSPS) is 10.7. The average Bonchev–Trinajstić information content (AvgIpc) is 2.61. The molecule has 1 heterocycles. The van der Waals surface area contributed by atoms with Gasteiger partial charge in [-0.25, -0.2) is 0 Å². The summed E-state index contributed by atoms with van der Waals surface area (Å²) in [4.78, 5) is 1.16. The molecule has 0 aliphatic carbocycles. The third-order valence-corrected chi connectivity index (χ3v) is 3.50. The van der Waals surface area contributed by atoms with E-state index in [9.17, 15) is 0 Å². The van der Waals surface area contributed by atoms with Crippen LogP contribution in [0, 0.1) is 0 Å². The Labute approximate surface area is 104 Å². The first-order valence-corrected chi connectivity index (χ1v) is 6.35. The molecule has 3 nitrogen and oxygen atoms in total. The zero-order valence-corrected chi connectivity index (χ0v) is 10.6. The molecule has 0 fully saturated rings. The third kappa shape index (κ3) is 1.90. The van der Waals surface area contributed by atoms with E-state index in [0.717, 1.165) is 16.0 Å². The van der Waals surface area contributed by atoms with Crippen molar-refractivity contribution in [3.63, 3.8) is 0 Å². The fourth-order valence-electron chi connectivity index (χ4n) is 1.49. The van der Waals surface area contributed by atoms with Crippen molar-refractivity contribution in [3.8, 4) is 11.1 Å². The summed E-state index contributed by atoms with van der Waals surface area (Å²) in [6, 6.07) is 5.90. The van der Waals surface area contributed by atoms with Gasteiger partial charge >= 0.3 is 0 Å². The van der Waals surface area contributed by atoms with Gasteiger partial charge in [0, 0.05) is 28.1 Å². The topological polar surface area (TPSA) is 43.8 Å². The average molecular weight is 254 g/mol. The monoisotopic (exact) mass is 253 g/mol. The fourth-order valence-corrected chi connectivity index (χ4v) is 2.15. The molecule has 0 saturated heterocycles. The Kier molecular flexibility index (Phi) is 3.12. The Balaban J connectivity index is 2.59. The number of nitrogen functional groups attached to an aromatic ring is 1. The molecule has 1 aromatic carbocycles. The molecule has 0 atom stereocenters. The standard InChI is InChI=1S/C11H12ClN3S/c1-15-11(13)9(6-14-15)8-5-7(16-2)3-4-10(8)12/h3-6H,13H2,1-2H3. The summed E-state index contributed by atoms with van der Waals surface area (Å²) in [6.45, 7) is 0. The molecule has 5 heteroatoms. The molecular weight excluding hydrogens is 242 g/mol. The van der Waals surface area contributed by atoms with E-state index in [0.29, 0.717) is 10.8 Å². The van der Waals surface area contributed by atoms with Gasteiger partial charge in [-0.3, -0.25) is 4.68 Å². The zero-order valence-electron chi connectivity index (χ0n) is 9.07. The van der Waals surface area contributed by atoms with Gasteiger partial charge in [0.1, 0.15) is 5.82 Å². The highest BCUT2D eigenvalue weighted by Gasteiger charge is 2.11. The molecule has 0 amide bonds. The van der Waals surface area contributed by atoms with E-state index in [4.69, 9.17) is 17.3 Å². The van der Waals surface area contributed by atoms with Crippen molar-refractivity contribution in [2.45, 2.75) is 4.90 Å². The van der Waals surface area contributed by atoms with Crippen LogP contribution in [0.5, 0.6) is 0 Å². The van der Waals surface area contributed by atoms with E-state index in [1.54, 1.807) is 22.6 Å². The molecule has 2 N–H and O–H groups in total. The quantitative estimate of drug-likeness (QED) is 0.837. The number of thioether (sulfide) groups is 1. The van der Waals surface area contributed by atoms with Crippen molar-refractivity contribution in [1.82, 2.24) is 9.78 Å². The van der Waals surface area contributed by atoms with Crippen LogP contribution in [0.25, 0.3) is 11.1 Å². The number of rotatable bonds is 2. The molecule has 0 saturated carbocycles. The molecule has 0 aliphatic heterocycles. The van der Waals surface area contributed by atoms with Crippen LogP contribution >= 0.6 is 23.4 Å². The molecule has 2 aromatic rings. The Morgan fingerprint density at radius 2 is 2.12 bits per heavy atom. The number of nitrogens with zero attached hydrogens (tertiary/aromatic N) is 2. The maximum Gasteiger partial charge on any atom is 0.129 e. The minimum atomic E-state index is 0.625. The number of nitrogens with two attached hydrogens (primary N) is 1. The van der Waals surface area contributed by atoms with E-state index in [1.165, 1.54) is 0 Å². The largest absolute Gasteiger partial charge is 0.383 e. The van der Waals surface area contributed by atoms with Gasteiger partial charge in [-0.2, -0.15) is 5.10 Å². The first-order valence-electron chi connectivity index (χ1n) is 4.75. The number of halogens is 1. The molecule has 0 aliphatic rings. The molecule has 0 bridgehead atoms. The second kappa shape index (κ2) is 4.39. The highest BCUT2D eigenvalue weighted by molar-refractivity contribution is 7.98. The lowest BCUT2D eigenvalue weighted by Gasteiger charge is -2.05. The number of anilines is 1. The maximum atomic E-state index is 6.17. The van der Waals surface area contributed by atoms with Crippen LogP contribution in [-0.2, 0) is 7.05 Å². The molecule has 0 radical (unpaired) electrons. The van der Waals surface area contributed by atoms with Gasteiger partial charge in [0.2, 0.25) is 0 Å². The highest BCUT2D eigenvalue weighted by Crippen LogP contribution is 2.34. The summed E-state index contributed by atoms with van der Waals surface area (Å²) in [7, 11) is 1.81. The van der Waals surface area contributed by atoms with Crippen LogP contribution < -0.4 is 5.73 Å². The molecule has 84 valence electrons. The maximum absolute atomic E-state index is 6.17. The van der Waals surface area contributed by atoms with Crippen LogP contribution in [0.15, 0.2) is 29.3 Å². The molecule has 0 spiro atoms. The molecule has 16 heavy (non-hydrogen) atoms. The van der Waals surface area contributed by atoms with Crippen LogP contribution in [0.1, 0.15) is 0 Å².